The quantitative estimate of drug-likeness (QED) is 0.798. The molecule has 0 aliphatic carbocycles. The zero-order valence-corrected chi connectivity index (χ0v) is 12.0. The number of rotatable bonds is 4. The maximum absolute atomic E-state index is 13.6. The Balaban J connectivity index is 2.07. The van der Waals surface area contributed by atoms with E-state index in [1.54, 1.807) is 0 Å². The van der Waals surface area contributed by atoms with Gasteiger partial charge in [0.15, 0.2) is 0 Å². The highest BCUT2D eigenvalue weighted by Crippen LogP contribution is 2.24. The minimum atomic E-state index is -0.598. The van der Waals surface area contributed by atoms with Gasteiger partial charge in [0.1, 0.15) is 11.6 Å². The van der Waals surface area contributed by atoms with Gasteiger partial charge in [0.2, 0.25) is 0 Å². The van der Waals surface area contributed by atoms with Crippen molar-refractivity contribution in [2.45, 2.75) is 19.4 Å². The van der Waals surface area contributed by atoms with Crippen LogP contribution < -0.4 is 5.32 Å². The molecule has 0 amide bonds. The highest BCUT2D eigenvalue weighted by Gasteiger charge is 2.11. The molecular formula is C15H14BrF2N. The van der Waals surface area contributed by atoms with Crippen LogP contribution in [0.15, 0.2) is 46.9 Å². The Bertz CT molecular complexity index is 558. The highest BCUT2D eigenvalue weighted by atomic mass is 79.9. The number of benzene rings is 2. The maximum atomic E-state index is 13.6. The molecule has 1 atom stereocenters. The van der Waals surface area contributed by atoms with E-state index >= 15 is 0 Å². The molecule has 1 nitrogen and oxygen atoms in total. The largest absolute Gasteiger partial charge is 0.380 e. The van der Waals surface area contributed by atoms with Crippen molar-refractivity contribution < 1.29 is 8.78 Å². The third kappa shape index (κ3) is 3.77. The zero-order chi connectivity index (χ0) is 13.8. The predicted octanol–water partition coefficient (Wildman–Crippen LogP) is 4.77. The Morgan fingerprint density at radius 3 is 2.47 bits per heavy atom. The first kappa shape index (κ1) is 14.0. The summed E-state index contributed by atoms with van der Waals surface area (Å²) in [4.78, 5) is 0. The van der Waals surface area contributed by atoms with Gasteiger partial charge in [-0.3, -0.25) is 0 Å². The lowest BCUT2D eigenvalue weighted by atomic mass is 10.1. The van der Waals surface area contributed by atoms with Crippen LogP contribution in [0.4, 0.5) is 14.5 Å². The van der Waals surface area contributed by atoms with Crippen molar-refractivity contribution in [3.8, 4) is 0 Å². The molecule has 1 unspecified atom stereocenters. The van der Waals surface area contributed by atoms with Gasteiger partial charge in [0, 0.05) is 12.1 Å². The molecule has 0 saturated carbocycles. The van der Waals surface area contributed by atoms with E-state index in [4.69, 9.17) is 0 Å². The molecule has 19 heavy (non-hydrogen) atoms. The van der Waals surface area contributed by atoms with Crippen LogP contribution in [0.2, 0.25) is 0 Å². The van der Waals surface area contributed by atoms with Crippen LogP contribution in [0, 0.1) is 11.6 Å². The van der Waals surface area contributed by atoms with Gasteiger partial charge in [-0.2, -0.15) is 0 Å². The number of halogens is 3. The molecule has 1 N–H and O–H groups in total. The second-order valence-corrected chi connectivity index (χ2v) is 5.34. The van der Waals surface area contributed by atoms with Crippen molar-refractivity contribution in [2.24, 2.45) is 0 Å². The standard InChI is InChI=1S/C15H14BrF2N/c1-10(7-11-5-3-2-4-6-11)19-15-8-12(16)13(17)9-14(15)18/h2-6,8-10,19H,7H2,1H3. The Kier molecular flexibility index (Phi) is 4.53. The Morgan fingerprint density at radius 1 is 1.11 bits per heavy atom. The summed E-state index contributed by atoms with van der Waals surface area (Å²) in [5.74, 6) is -1.18. The second-order valence-electron chi connectivity index (χ2n) is 4.48. The number of anilines is 1. The third-order valence-electron chi connectivity index (χ3n) is 2.80. The first-order valence-electron chi connectivity index (χ1n) is 6.01. The summed E-state index contributed by atoms with van der Waals surface area (Å²) in [5, 5.41) is 3.06. The van der Waals surface area contributed by atoms with Crippen LogP contribution in [0.5, 0.6) is 0 Å². The molecule has 0 heterocycles. The van der Waals surface area contributed by atoms with Crippen LogP contribution in [-0.2, 0) is 6.42 Å². The first-order chi connectivity index (χ1) is 9.06. The second kappa shape index (κ2) is 6.15. The van der Waals surface area contributed by atoms with Gasteiger partial charge in [-0.15, -0.1) is 0 Å². The van der Waals surface area contributed by atoms with E-state index in [1.165, 1.54) is 11.6 Å². The fourth-order valence-corrected chi connectivity index (χ4v) is 2.26. The van der Waals surface area contributed by atoms with Gasteiger partial charge in [-0.25, -0.2) is 8.78 Å². The first-order valence-corrected chi connectivity index (χ1v) is 6.80. The lowest BCUT2D eigenvalue weighted by Gasteiger charge is -2.16. The lowest BCUT2D eigenvalue weighted by Crippen LogP contribution is -2.19. The molecule has 2 rings (SSSR count). The molecule has 0 aliphatic heterocycles. The fraction of sp³-hybridized carbons (Fsp3) is 0.200. The average molecular weight is 326 g/mol. The summed E-state index contributed by atoms with van der Waals surface area (Å²) in [7, 11) is 0. The fourth-order valence-electron chi connectivity index (χ4n) is 1.92. The Labute approximate surface area is 119 Å². The summed E-state index contributed by atoms with van der Waals surface area (Å²) in [5.41, 5.74) is 1.47. The van der Waals surface area contributed by atoms with Gasteiger partial charge < -0.3 is 5.32 Å². The van der Waals surface area contributed by atoms with E-state index in [0.29, 0.717) is 5.69 Å². The number of nitrogens with one attached hydrogen (secondary N) is 1. The van der Waals surface area contributed by atoms with Crippen molar-refractivity contribution in [1.82, 2.24) is 0 Å². The number of hydrogen-bond acceptors (Lipinski definition) is 1. The van der Waals surface area contributed by atoms with Crippen LogP contribution in [0.1, 0.15) is 12.5 Å². The smallest absolute Gasteiger partial charge is 0.149 e. The summed E-state index contributed by atoms with van der Waals surface area (Å²) in [6.07, 6.45) is 0.773. The minimum absolute atomic E-state index is 0.0502. The molecule has 100 valence electrons. The van der Waals surface area contributed by atoms with E-state index in [1.807, 2.05) is 37.3 Å². The lowest BCUT2D eigenvalue weighted by molar-refractivity contribution is 0.579. The van der Waals surface area contributed by atoms with Crippen LogP contribution in [0.25, 0.3) is 0 Å². The molecule has 0 radical (unpaired) electrons. The van der Waals surface area contributed by atoms with Crippen molar-refractivity contribution in [3.63, 3.8) is 0 Å². The van der Waals surface area contributed by atoms with E-state index < -0.39 is 11.6 Å². The van der Waals surface area contributed by atoms with Gasteiger partial charge in [-0.05, 0) is 40.9 Å². The van der Waals surface area contributed by atoms with Crippen molar-refractivity contribution >= 4 is 21.6 Å². The van der Waals surface area contributed by atoms with Crippen molar-refractivity contribution in [3.05, 3.63) is 64.1 Å². The van der Waals surface area contributed by atoms with Crippen LogP contribution in [0.3, 0.4) is 0 Å². The SMILES string of the molecule is CC(Cc1ccccc1)Nc1cc(Br)c(F)cc1F. The molecule has 2 aromatic carbocycles. The minimum Gasteiger partial charge on any atom is -0.380 e. The van der Waals surface area contributed by atoms with E-state index in [9.17, 15) is 8.78 Å². The highest BCUT2D eigenvalue weighted by molar-refractivity contribution is 9.10. The number of hydrogen-bond donors (Lipinski definition) is 1. The van der Waals surface area contributed by atoms with Gasteiger partial charge in [0.05, 0.1) is 10.2 Å². The van der Waals surface area contributed by atoms with Crippen LogP contribution >= 0.6 is 15.9 Å². The van der Waals surface area contributed by atoms with E-state index in [0.717, 1.165) is 12.5 Å². The summed E-state index contributed by atoms with van der Waals surface area (Å²) >= 11 is 3.06. The molecule has 0 aliphatic rings. The molecule has 0 bridgehead atoms. The van der Waals surface area contributed by atoms with Gasteiger partial charge in [0.25, 0.3) is 0 Å². The molecule has 0 spiro atoms. The summed E-state index contributed by atoms with van der Waals surface area (Å²) < 4.78 is 27.0. The molecule has 0 saturated heterocycles. The monoisotopic (exact) mass is 325 g/mol. The van der Waals surface area contributed by atoms with Gasteiger partial charge in [-0.1, -0.05) is 30.3 Å². The van der Waals surface area contributed by atoms with E-state index in [2.05, 4.69) is 21.2 Å². The average Bonchev–Trinajstić information content (AvgIpc) is 2.37. The Hall–Kier alpha value is -1.42. The van der Waals surface area contributed by atoms with E-state index in [-0.39, 0.29) is 10.5 Å². The Morgan fingerprint density at radius 2 is 1.79 bits per heavy atom. The maximum Gasteiger partial charge on any atom is 0.149 e. The zero-order valence-electron chi connectivity index (χ0n) is 10.5. The predicted molar refractivity (Wildman–Crippen MR) is 77.3 cm³/mol. The topological polar surface area (TPSA) is 12.0 Å². The molecule has 0 fully saturated rings. The normalized spacial score (nSPS) is 12.2. The third-order valence-corrected chi connectivity index (χ3v) is 3.40. The molecule has 2 aromatic rings. The summed E-state index contributed by atoms with van der Waals surface area (Å²) in [6.45, 7) is 1.96. The molecule has 0 aromatic heterocycles. The van der Waals surface area contributed by atoms with Crippen LogP contribution in [-0.4, -0.2) is 6.04 Å². The van der Waals surface area contributed by atoms with Gasteiger partial charge >= 0.3 is 0 Å². The molecule has 4 heteroatoms. The molecular weight excluding hydrogens is 312 g/mol. The van der Waals surface area contributed by atoms with Crippen molar-refractivity contribution in [2.75, 3.05) is 5.32 Å². The van der Waals surface area contributed by atoms with Crippen molar-refractivity contribution in [1.29, 1.82) is 0 Å². The summed E-state index contributed by atoms with van der Waals surface area (Å²) in [6, 6.07) is 12.3.